The summed E-state index contributed by atoms with van der Waals surface area (Å²) in [6.07, 6.45) is 0. The second-order valence-corrected chi connectivity index (χ2v) is 10.1. The van der Waals surface area contributed by atoms with Crippen LogP contribution in [0.5, 0.6) is 0 Å². The monoisotopic (exact) mass is 520 g/mol. The van der Waals surface area contributed by atoms with Gasteiger partial charge in [0.2, 0.25) is 0 Å². The van der Waals surface area contributed by atoms with Crippen molar-refractivity contribution >= 4 is 50.5 Å². The van der Waals surface area contributed by atoms with E-state index in [1.165, 1.54) is 21.9 Å². The number of hydrogen-bond donors (Lipinski definition) is 0. The molecule has 1 aromatic heterocycles. The lowest BCUT2D eigenvalue weighted by atomic mass is 10.0. The fourth-order valence-electron chi connectivity index (χ4n) is 5.48. The van der Waals surface area contributed by atoms with Crippen molar-refractivity contribution in [2.45, 2.75) is 0 Å². The van der Waals surface area contributed by atoms with E-state index in [-0.39, 0.29) is 0 Å². The van der Waals surface area contributed by atoms with Crippen LogP contribution in [0.2, 0.25) is 5.02 Å². The Morgan fingerprint density at radius 2 is 0.949 bits per heavy atom. The lowest BCUT2D eigenvalue weighted by Gasteiger charge is -2.26. The number of nitrogens with zero attached hydrogens (tertiary/aromatic N) is 2. The molecule has 39 heavy (non-hydrogen) atoms. The molecule has 0 saturated carbocycles. The molecule has 7 rings (SSSR count). The van der Waals surface area contributed by atoms with Crippen molar-refractivity contribution in [3.05, 3.63) is 157 Å². The second-order valence-electron chi connectivity index (χ2n) is 9.62. The average molecular weight is 521 g/mol. The van der Waals surface area contributed by atoms with Crippen LogP contribution in [0.1, 0.15) is 0 Å². The highest BCUT2D eigenvalue weighted by molar-refractivity contribution is 6.31. The van der Waals surface area contributed by atoms with E-state index in [1.54, 1.807) is 0 Å². The van der Waals surface area contributed by atoms with Gasteiger partial charge in [-0.2, -0.15) is 0 Å². The summed E-state index contributed by atoms with van der Waals surface area (Å²) in [6.45, 7) is 0. The number of halogens is 1. The fraction of sp³-hybridized carbons (Fsp3) is 0. The molecule has 186 valence electrons. The number of para-hydroxylation sites is 3. The molecule has 3 heteroatoms. The standard InChI is InChI=1S/C36H25ClN2/c37-28-23-31(25-32(24-28)39-35-17-9-7-15-33(35)34-16-8-10-18-36(34)39)38(29-13-5-2-6-14-29)30-21-19-27(20-22-30)26-11-3-1-4-12-26/h1-25H. The van der Waals surface area contributed by atoms with Crippen LogP contribution in [0.25, 0.3) is 38.6 Å². The lowest BCUT2D eigenvalue weighted by molar-refractivity contribution is 1.17. The van der Waals surface area contributed by atoms with Crippen LogP contribution < -0.4 is 4.90 Å². The minimum Gasteiger partial charge on any atom is -0.310 e. The predicted octanol–water partition coefficient (Wildman–Crippen LogP) is 10.6. The molecule has 0 N–H and O–H groups in total. The Hall–Kier alpha value is -4.79. The molecule has 0 fully saturated rings. The number of fused-ring (bicyclic) bond motifs is 3. The normalized spacial score (nSPS) is 11.2. The zero-order chi connectivity index (χ0) is 26.2. The van der Waals surface area contributed by atoms with Crippen LogP contribution in [0.4, 0.5) is 17.1 Å². The van der Waals surface area contributed by atoms with Crippen molar-refractivity contribution in [2.75, 3.05) is 4.90 Å². The topological polar surface area (TPSA) is 8.17 Å². The lowest BCUT2D eigenvalue weighted by Crippen LogP contribution is -2.10. The average Bonchev–Trinajstić information content (AvgIpc) is 3.33. The largest absolute Gasteiger partial charge is 0.310 e. The van der Waals surface area contributed by atoms with Crippen LogP contribution in [-0.4, -0.2) is 4.57 Å². The Kier molecular flexibility index (Phi) is 5.88. The van der Waals surface area contributed by atoms with Gasteiger partial charge in [0.25, 0.3) is 0 Å². The van der Waals surface area contributed by atoms with Crippen LogP contribution in [0.15, 0.2) is 152 Å². The van der Waals surface area contributed by atoms with Crippen molar-refractivity contribution in [2.24, 2.45) is 0 Å². The minimum atomic E-state index is 0.686. The van der Waals surface area contributed by atoms with Gasteiger partial charge in [-0.05, 0) is 65.7 Å². The zero-order valence-electron chi connectivity index (χ0n) is 21.2. The number of benzene rings is 6. The summed E-state index contributed by atoms with van der Waals surface area (Å²) >= 11 is 6.85. The molecule has 0 aliphatic rings. The van der Waals surface area contributed by atoms with E-state index in [1.807, 2.05) is 24.3 Å². The van der Waals surface area contributed by atoms with Gasteiger partial charge < -0.3 is 9.47 Å². The molecule has 0 aliphatic heterocycles. The summed E-state index contributed by atoms with van der Waals surface area (Å²) in [5, 5.41) is 3.14. The van der Waals surface area contributed by atoms with Crippen LogP contribution in [0, 0.1) is 0 Å². The maximum absolute atomic E-state index is 6.85. The van der Waals surface area contributed by atoms with Crippen LogP contribution in [-0.2, 0) is 0 Å². The number of hydrogen-bond acceptors (Lipinski definition) is 1. The first-order valence-electron chi connectivity index (χ1n) is 13.1. The Morgan fingerprint density at radius 1 is 0.436 bits per heavy atom. The van der Waals surface area contributed by atoms with E-state index in [0.29, 0.717) is 5.02 Å². The molecule has 6 aromatic carbocycles. The first-order chi connectivity index (χ1) is 19.3. The third kappa shape index (κ3) is 4.25. The van der Waals surface area contributed by atoms with E-state index < -0.39 is 0 Å². The smallest absolute Gasteiger partial charge is 0.0541 e. The molecule has 0 aliphatic carbocycles. The quantitative estimate of drug-likeness (QED) is 0.219. The molecular formula is C36H25ClN2. The zero-order valence-corrected chi connectivity index (χ0v) is 22.0. The molecule has 0 bridgehead atoms. The summed E-state index contributed by atoms with van der Waals surface area (Å²) in [7, 11) is 0. The highest BCUT2D eigenvalue weighted by Crippen LogP contribution is 2.39. The summed E-state index contributed by atoms with van der Waals surface area (Å²) in [5.41, 5.74) is 8.86. The number of anilines is 3. The second kappa shape index (κ2) is 9.83. The molecular weight excluding hydrogens is 496 g/mol. The molecule has 0 amide bonds. The molecule has 7 aromatic rings. The van der Waals surface area contributed by atoms with E-state index in [2.05, 4.69) is 137 Å². The van der Waals surface area contributed by atoms with E-state index in [9.17, 15) is 0 Å². The molecule has 0 atom stereocenters. The van der Waals surface area contributed by atoms with Gasteiger partial charge in [0, 0.05) is 38.5 Å². The first kappa shape index (κ1) is 23.3. The molecule has 1 heterocycles. The van der Waals surface area contributed by atoms with E-state index in [0.717, 1.165) is 33.8 Å². The molecule has 0 unspecified atom stereocenters. The minimum absolute atomic E-state index is 0.686. The van der Waals surface area contributed by atoms with Gasteiger partial charge in [-0.1, -0.05) is 109 Å². The van der Waals surface area contributed by atoms with Crippen molar-refractivity contribution in [1.29, 1.82) is 0 Å². The van der Waals surface area contributed by atoms with Gasteiger partial charge in [-0.3, -0.25) is 0 Å². The Balaban J connectivity index is 1.41. The summed E-state index contributed by atoms with van der Waals surface area (Å²) in [6, 6.07) is 53.0. The van der Waals surface area contributed by atoms with Crippen molar-refractivity contribution in [3.63, 3.8) is 0 Å². The first-order valence-corrected chi connectivity index (χ1v) is 13.4. The van der Waals surface area contributed by atoms with Crippen LogP contribution >= 0.6 is 11.6 Å². The van der Waals surface area contributed by atoms with Gasteiger partial charge >= 0.3 is 0 Å². The van der Waals surface area contributed by atoms with Crippen molar-refractivity contribution in [3.8, 4) is 16.8 Å². The Morgan fingerprint density at radius 3 is 1.59 bits per heavy atom. The number of aromatic nitrogens is 1. The number of rotatable bonds is 5. The molecule has 0 radical (unpaired) electrons. The van der Waals surface area contributed by atoms with Gasteiger partial charge in [-0.25, -0.2) is 0 Å². The highest BCUT2D eigenvalue weighted by Gasteiger charge is 2.17. The van der Waals surface area contributed by atoms with Crippen molar-refractivity contribution in [1.82, 2.24) is 4.57 Å². The predicted molar refractivity (Wildman–Crippen MR) is 166 cm³/mol. The van der Waals surface area contributed by atoms with Gasteiger partial charge in [0.1, 0.15) is 0 Å². The SMILES string of the molecule is Clc1cc(N(c2ccccc2)c2ccc(-c3ccccc3)cc2)cc(-n2c3ccccc3c3ccccc32)c1. The summed E-state index contributed by atoms with van der Waals surface area (Å²) < 4.78 is 2.31. The van der Waals surface area contributed by atoms with Gasteiger partial charge in [-0.15, -0.1) is 0 Å². The maximum Gasteiger partial charge on any atom is 0.0541 e. The Labute approximate surface area is 233 Å². The summed E-state index contributed by atoms with van der Waals surface area (Å²) in [5.74, 6) is 0. The molecule has 0 saturated heterocycles. The molecule has 2 nitrogen and oxygen atoms in total. The van der Waals surface area contributed by atoms with Crippen LogP contribution in [0.3, 0.4) is 0 Å². The maximum atomic E-state index is 6.85. The van der Waals surface area contributed by atoms with Crippen molar-refractivity contribution < 1.29 is 0 Å². The fourth-order valence-corrected chi connectivity index (χ4v) is 5.70. The Bertz CT molecular complexity index is 1850. The van der Waals surface area contributed by atoms with E-state index in [4.69, 9.17) is 11.6 Å². The summed E-state index contributed by atoms with van der Waals surface area (Å²) in [4.78, 5) is 2.26. The van der Waals surface area contributed by atoms with Gasteiger partial charge in [0.15, 0.2) is 0 Å². The van der Waals surface area contributed by atoms with E-state index >= 15 is 0 Å². The molecule has 0 spiro atoms. The third-order valence-corrected chi connectivity index (χ3v) is 7.43. The third-order valence-electron chi connectivity index (χ3n) is 7.21. The highest BCUT2D eigenvalue weighted by atomic mass is 35.5. The van der Waals surface area contributed by atoms with Gasteiger partial charge in [0.05, 0.1) is 11.0 Å².